The number of hydrogen-bond donors (Lipinski definition) is 2. The molecule has 1 heterocycles. The summed E-state index contributed by atoms with van der Waals surface area (Å²) in [6.07, 6.45) is 1.94. The molecular formula is C20H21N3. The molecule has 3 N–H and O–H groups in total. The highest BCUT2D eigenvalue weighted by Gasteiger charge is 2.22. The van der Waals surface area contributed by atoms with Crippen molar-refractivity contribution in [2.75, 3.05) is 5.73 Å². The third kappa shape index (κ3) is 2.68. The van der Waals surface area contributed by atoms with Crippen molar-refractivity contribution in [3.8, 4) is 6.07 Å². The second kappa shape index (κ2) is 5.48. The SMILES string of the molecule is CC(C)(C)c1cc(C(C#N)c2c[nH]c3ccccc23)ccc1N. The summed E-state index contributed by atoms with van der Waals surface area (Å²) in [5.74, 6) is -0.312. The zero-order valence-corrected chi connectivity index (χ0v) is 13.7. The number of H-pyrrole nitrogens is 1. The minimum Gasteiger partial charge on any atom is -0.398 e. The van der Waals surface area contributed by atoms with E-state index in [-0.39, 0.29) is 11.3 Å². The van der Waals surface area contributed by atoms with Gasteiger partial charge in [0, 0.05) is 22.8 Å². The van der Waals surface area contributed by atoms with Gasteiger partial charge in [-0.15, -0.1) is 0 Å². The monoisotopic (exact) mass is 303 g/mol. The van der Waals surface area contributed by atoms with E-state index in [4.69, 9.17) is 5.73 Å². The molecule has 2 aromatic carbocycles. The normalized spacial score (nSPS) is 13.0. The highest BCUT2D eigenvalue weighted by molar-refractivity contribution is 5.84. The van der Waals surface area contributed by atoms with Gasteiger partial charge in [0.25, 0.3) is 0 Å². The van der Waals surface area contributed by atoms with Gasteiger partial charge in [-0.05, 0) is 34.2 Å². The molecule has 1 atom stereocenters. The van der Waals surface area contributed by atoms with E-state index in [1.54, 1.807) is 0 Å². The zero-order valence-electron chi connectivity index (χ0n) is 13.7. The quantitative estimate of drug-likeness (QED) is 0.674. The van der Waals surface area contributed by atoms with Crippen LogP contribution in [-0.2, 0) is 5.41 Å². The molecule has 0 fully saturated rings. The third-order valence-corrected chi connectivity index (χ3v) is 4.28. The molecule has 3 aromatic rings. The van der Waals surface area contributed by atoms with Crippen molar-refractivity contribution in [2.24, 2.45) is 0 Å². The van der Waals surface area contributed by atoms with Crippen molar-refractivity contribution in [3.63, 3.8) is 0 Å². The molecule has 1 unspecified atom stereocenters. The Morgan fingerprint density at radius 3 is 2.57 bits per heavy atom. The molecule has 0 amide bonds. The van der Waals surface area contributed by atoms with Gasteiger partial charge < -0.3 is 10.7 Å². The van der Waals surface area contributed by atoms with Crippen LogP contribution in [0.4, 0.5) is 5.69 Å². The molecule has 0 aliphatic heterocycles. The lowest BCUT2D eigenvalue weighted by Crippen LogP contribution is -2.15. The van der Waals surface area contributed by atoms with Gasteiger partial charge in [-0.2, -0.15) is 5.26 Å². The Morgan fingerprint density at radius 2 is 1.87 bits per heavy atom. The average Bonchev–Trinajstić information content (AvgIpc) is 2.93. The minimum absolute atomic E-state index is 0.0552. The fraction of sp³-hybridized carbons (Fsp3) is 0.250. The number of hydrogen-bond acceptors (Lipinski definition) is 2. The van der Waals surface area contributed by atoms with E-state index in [1.165, 1.54) is 0 Å². The summed E-state index contributed by atoms with van der Waals surface area (Å²) in [4.78, 5) is 3.25. The van der Waals surface area contributed by atoms with Crippen LogP contribution in [0.5, 0.6) is 0 Å². The van der Waals surface area contributed by atoms with Crippen LogP contribution in [0.25, 0.3) is 10.9 Å². The highest BCUT2D eigenvalue weighted by Crippen LogP contribution is 2.35. The van der Waals surface area contributed by atoms with E-state index < -0.39 is 0 Å². The molecule has 0 aliphatic carbocycles. The van der Waals surface area contributed by atoms with Gasteiger partial charge in [-0.3, -0.25) is 0 Å². The molecular weight excluding hydrogens is 282 g/mol. The Bertz CT molecular complexity index is 891. The molecule has 3 nitrogen and oxygen atoms in total. The lowest BCUT2D eigenvalue weighted by atomic mass is 9.82. The van der Waals surface area contributed by atoms with Crippen molar-refractivity contribution >= 4 is 16.6 Å². The summed E-state index contributed by atoms with van der Waals surface area (Å²) in [6, 6.07) is 16.5. The molecule has 0 saturated carbocycles. The van der Waals surface area contributed by atoms with Gasteiger partial charge in [-0.25, -0.2) is 0 Å². The maximum atomic E-state index is 9.78. The first-order valence-electron chi connectivity index (χ1n) is 7.77. The number of nitriles is 1. The molecule has 0 aliphatic rings. The van der Waals surface area contributed by atoms with E-state index in [0.29, 0.717) is 0 Å². The number of rotatable bonds is 2. The molecule has 0 saturated heterocycles. The number of nitrogens with two attached hydrogens (primary N) is 1. The molecule has 23 heavy (non-hydrogen) atoms. The molecule has 3 heteroatoms. The molecule has 116 valence electrons. The van der Waals surface area contributed by atoms with Gasteiger partial charge >= 0.3 is 0 Å². The van der Waals surface area contributed by atoms with Crippen molar-refractivity contribution < 1.29 is 0 Å². The molecule has 3 rings (SSSR count). The number of benzene rings is 2. The summed E-state index contributed by atoms with van der Waals surface area (Å²) in [7, 11) is 0. The predicted octanol–water partition coefficient (Wildman–Crippen LogP) is 4.70. The summed E-state index contributed by atoms with van der Waals surface area (Å²) in [5.41, 5.74) is 11.0. The number of para-hydroxylation sites is 1. The third-order valence-electron chi connectivity index (χ3n) is 4.28. The van der Waals surface area contributed by atoms with Gasteiger partial charge in [-0.1, -0.05) is 51.1 Å². The maximum absolute atomic E-state index is 9.78. The van der Waals surface area contributed by atoms with Crippen molar-refractivity contribution in [1.29, 1.82) is 5.26 Å². The van der Waals surface area contributed by atoms with Crippen molar-refractivity contribution in [2.45, 2.75) is 32.1 Å². The van der Waals surface area contributed by atoms with Crippen LogP contribution in [-0.4, -0.2) is 4.98 Å². The second-order valence-corrected chi connectivity index (χ2v) is 6.95. The van der Waals surface area contributed by atoms with E-state index in [9.17, 15) is 5.26 Å². The molecule has 0 spiro atoms. The lowest BCUT2D eigenvalue weighted by molar-refractivity contribution is 0.591. The van der Waals surface area contributed by atoms with Crippen LogP contribution < -0.4 is 5.73 Å². The topological polar surface area (TPSA) is 65.6 Å². The Kier molecular flexibility index (Phi) is 3.61. The summed E-state index contributed by atoms with van der Waals surface area (Å²) in [5, 5.41) is 10.9. The first-order valence-corrected chi connectivity index (χ1v) is 7.77. The highest BCUT2D eigenvalue weighted by atomic mass is 14.7. The minimum atomic E-state index is -0.312. The Hall–Kier alpha value is -2.73. The van der Waals surface area contributed by atoms with E-state index in [0.717, 1.165) is 33.3 Å². The van der Waals surface area contributed by atoms with Crippen molar-refractivity contribution in [3.05, 3.63) is 65.4 Å². The summed E-state index contributed by atoms with van der Waals surface area (Å²) < 4.78 is 0. The number of fused-ring (bicyclic) bond motifs is 1. The lowest BCUT2D eigenvalue weighted by Gasteiger charge is -2.23. The first-order chi connectivity index (χ1) is 10.9. The number of aromatic amines is 1. The molecule has 0 bridgehead atoms. The Balaban J connectivity index is 2.14. The molecule has 1 aromatic heterocycles. The van der Waals surface area contributed by atoms with Crippen LogP contribution in [0.15, 0.2) is 48.7 Å². The Labute approximate surface area is 136 Å². The summed E-state index contributed by atoms with van der Waals surface area (Å²) in [6.45, 7) is 6.40. The van der Waals surface area contributed by atoms with Crippen LogP contribution in [0, 0.1) is 11.3 Å². The summed E-state index contributed by atoms with van der Waals surface area (Å²) >= 11 is 0. The number of nitrogens with one attached hydrogen (secondary N) is 1. The number of nitrogen functional groups attached to an aromatic ring is 1. The number of aromatic nitrogens is 1. The smallest absolute Gasteiger partial charge is 0.0983 e. The van der Waals surface area contributed by atoms with Crippen LogP contribution in [0.1, 0.15) is 43.4 Å². The zero-order chi connectivity index (χ0) is 16.6. The van der Waals surface area contributed by atoms with Gasteiger partial charge in [0.1, 0.15) is 0 Å². The van der Waals surface area contributed by atoms with E-state index in [2.05, 4.69) is 37.9 Å². The first kappa shape index (κ1) is 15.2. The fourth-order valence-corrected chi connectivity index (χ4v) is 3.06. The van der Waals surface area contributed by atoms with Gasteiger partial charge in [0.15, 0.2) is 0 Å². The van der Waals surface area contributed by atoms with Crippen molar-refractivity contribution in [1.82, 2.24) is 4.98 Å². The van der Waals surface area contributed by atoms with Crippen LogP contribution >= 0.6 is 0 Å². The van der Waals surface area contributed by atoms with E-state index in [1.807, 2.05) is 42.6 Å². The standard InChI is InChI=1S/C20H21N3/c1-20(2,3)17-10-13(8-9-18(17)22)15(11-21)16-12-23-19-7-5-4-6-14(16)19/h4-10,12,15,23H,22H2,1-3H3. The largest absolute Gasteiger partial charge is 0.398 e. The van der Waals surface area contributed by atoms with Crippen LogP contribution in [0.2, 0.25) is 0 Å². The average molecular weight is 303 g/mol. The molecule has 0 radical (unpaired) electrons. The predicted molar refractivity (Wildman–Crippen MR) is 95.3 cm³/mol. The second-order valence-electron chi connectivity index (χ2n) is 6.95. The number of anilines is 1. The number of nitrogens with zero attached hydrogens (tertiary/aromatic N) is 1. The van der Waals surface area contributed by atoms with Gasteiger partial charge in [0.2, 0.25) is 0 Å². The Morgan fingerprint density at radius 1 is 1.13 bits per heavy atom. The van der Waals surface area contributed by atoms with Crippen LogP contribution in [0.3, 0.4) is 0 Å². The maximum Gasteiger partial charge on any atom is 0.0983 e. The fourth-order valence-electron chi connectivity index (χ4n) is 3.06. The van der Waals surface area contributed by atoms with Gasteiger partial charge in [0.05, 0.1) is 12.0 Å². The van der Waals surface area contributed by atoms with E-state index >= 15 is 0 Å².